The SMILES string of the molecule is C#CCC(N)C(=O)N1CCN(c2ccc(Cl)cc2)CC1. The summed E-state index contributed by atoms with van der Waals surface area (Å²) in [7, 11) is 0. The molecule has 1 aliphatic heterocycles. The number of anilines is 1. The molecule has 1 aromatic carbocycles. The van der Waals surface area contributed by atoms with Crippen molar-refractivity contribution >= 4 is 23.2 Å². The molecule has 0 spiro atoms. The topological polar surface area (TPSA) is 49.6 Å². The van der Waals surface area contributed by atoms with Gasteiger partial charge in [0.05, 0.1) is 6.04 Å². The summed E-state index contributed by atoms with van der Waals surface area (Å²) in [5.41, 5.74) is 6.88. The minimum Gasteiger partial charge on any atom is -0.368 e. The zero-order chi connectivity index (χ0) is 14.5. The van der Waals surface area contributed by atoms with Gasteiger partial charge in [0.2, 0.25) is 5.91 Å². The molecule has 0 aromatic heterocycles. The van der Waals surface area contributed by atoms with Crippen molar-refractivity contribution in [2.45, 2.75) is 12.5 Å². The number of amides is 1. The van der Waals surface area contributed by atoms with Gasteiger partial charge in [-0.3, -0.25) is 4.79 Å². The van der Waals surface area contributed by atoms with Crippen LogP contribution in [0.3, 0.4) is 0 Å². The number of terminal acetylenes is 1. The molecule has 0 saturated carbocycles. The van der Waals surface area contributed by atoms with Crippen LogP contribution in [0.1, 0.15) is 6.42 Å². The number of nitrogens with zero attached hydrogens (tertiary/aromatic N) is 2. The fourth-order valence-corrected chi connectivity index (χ4v) is 2.41. The first kappa shape index (κ1) is 14.7. The number of halogens is 1. The van der Waals surface area contributed by atoms with Gasteiger partial charge in [0.25, 0.3) is 0 Å². The maximum atomic E-state index is 12.0. The number of nitrogens with two attached hydrogens (primary N) is 1. The van der Waals surface area contributed by atoms with Crippen molar-refractivity contribution in [1.82, 2.24) is 4.90 Å². The molecule has 20 heavy (non-hydrogen) atoms. The summed E-state index contributed by atoms with van der Waals surface area (Å²) in [5.74, 6) is 2.38. The predicted octanol–water partition coefficient (Wildman–Crippen LogP) is 1.34. The van der Waals surface area contributed by atoms with E-state index in [1.165, 1.54) is 0 Å². The minimum absolute atomic E-state index is 0.0568. The molecule has 0 bridgehead atoms. The highest BCUT2D eigenvalue weighted by Crippen LogP contribution is 2.19. The van der Waals surface area contributed by atoms with Gasteiger partial charge in [0.15, 0.2) is 0 Å². The highest BCUT2D eigenvalue weighted by molar-refractivity contribution is 6.30. The van der Waals surface area contributed by atoms with Crippen LogP contribution in [0.4, 0.5) is 5.69 Å². The molecule has 1 aromatic rings. The van der Waals surface area contributed by atoms with E-state index in [-0.39, 0.29) is 12.3 Å². The molecule has 106 valence electrons. The number of carbonyl (C=O) groups is 1. The normalized spacial score (nSPS) is 16.6. The van der Waals surface area contributed by atoms with Crippen molar-refractivity contribution in [2.24, 2.45) is 5.73 Å². The van der Waals surface area contributed by atoms with E-state index in [0.29, 0.717) is 13.1 Å². The van der Waals surface area contributed by atoms with E-state index in [1.54, 1.807) is 4.90 Å². The first-order valence-electron chi connectivity index (χ1n) is 6.60. The molecule has 1 atom stereocenters. The third-order valence-corrected chi connectivity index (χ3v) is 3.69. The van der Waals surface area contributed by atoms with Crippen LogP contribution in [-0.2, 0) is 4.79 Å². The standard InChI is InChI=1S/C15H18ClN3O/c1-2-3-14(17)15(20)19-10-8-18(9-11-19)13-6-4-12(16)5-7-13/h1,4-7,14H,3,8-11,17H2. The predicted molar refractivity (Wildman–Crippen MR) is 81.7 cm³/mol. The maximum absolute atomic E-state index is 12.0. The second kappa shape index (κ2) is 6.65. The van der Waals surface area contributed by atoms with E-state index in [1.807, 2.05) is 24.3 Å². The molecular formula is C15H18ClN3O. The van der Waals surface area contributed by atoms with Gasteiger partial charge < -0.3 is 15.5 Å². The number of benzene rings is 1. The zero-order valence-electron chi connectivity index (χ0n) is 11.3. The van der Waals surface area contributed by atoms with Gasteiger partial charge in [-0.1, -0.05) is 11.6 Å². The summed E-state index contributed by atoms with van der Waals surface area (Å²) in [6.07, 6.45) is 5.48. The number of hydrogen-bond acceptors (Lipinski definition) is 3. The van der Waals surface area contributed by atoms with Gasteiger partial charge >= 0.3 is 0 Å². The Bertz CT molecular complexity index is 501. The smallest absolute Gasteiger partial charge is 0.240 e. The Balaban J connectivity index is 1.91. The van der Waals surface area contributed by atoms with Crippen molar-refractivity contribution in [3.05, 3.63) is 29.3 Å². The molecule has 1 fully saturated rings. The van der Waals surface area contributed by atoms with Crippen LogP contribution in [0, 0.1) is 12.3 Å². The Morgan fingerprint density at radius 1 is 1.30 bits per heavy atom. The lowest BCUT2D eigenvalue weighted by Gasteiger charge is -2.37. The van der Waals surface area contributed by atoms with Crippen LogP contribution < -0.4 is 10.6 Å². The average molecular weight is 292 g/mol. The van der Waals surface area contributed by atoms with Gasteiger partial charge in [0.1, 0.15) is 0 Å². The lowest BCUT2D eigenvalue weighted by Crippen LogP contribution is -2.53. The monoisotopic (exact) mass is 291 g/mol. The molecule has 1 unspecified atom stereocenters. The number of rotatable bonds is 3. The van der Waals surface area contributed by atoms with Crippen LogP contribution in [0.2, 0.25) is 5.02 Å². The Labute approximate surface area is 124 Å². The Hall–Kier alpha value is -1.70. The molecule has 5 heteroatoms. The van der Waals surface area contributed by atoms with E-state index < -0.39 is 6.04 Å². The van der Waals surface area contributed by atoms with E-state index in [9.17, 15) is 4.79 Å². The van der Waals surface area contributed by atoms with E-state index in [0.717, 1.165) is 23.8 Å². The molecule has 1 heterocycles. The Morgan fingerprint density at radius 3 is 2.45 bits per heavy atom. The lowest BCUT2D eigenvalue weighted by atomic mass is 10.1. The lowest BCUT2D eigenvalue weighted by molar-refractivity contribution is -0.132. The van der Waals surface area contributed by atoms with E-state index in [4.69, 9.17) is 23.8 Å². The van der Waals surface area contributed by atoms with Crippen LogP contribution in [0.15, 0.2) is 24.3 Å². The summed E-state index contributed by atoms with van der Waals surface area (Å²) >= 11 is 5.88. The van der Waals surface area contributed by atoms with Crippen LogP contribution in [-0.4, -0.2) is 43.0 Å². The number of carbonyl (C=O) groups excluding carboxylic acids is 1. The van der Waals surface area contributed by atoms with Gasteiger partial charge in [0, 0.05) is 43.3 Å². The second-order valence-electron chi connectivity index (χ2n) is 4.80. The minimum atomic E-state index is -0.581. The fraction of sp³-hybridized carbons (Fsp3) is 0.400. The van der Waals surface area contributed by atoms with Crippen LogP contribution in [0.25, 0.3) is 0 Å². The van der Waals surface area contributed by atoms with Crippen molar-refractivity contribution in [3.8, 4) is 12.3 Å². The van der Waals surface area contributed by atoms with Gasteiger partial charge in [-0.25, -0.2) is 0 Å². The molecule has 4 nitrogen and oxygen atoms in total. The zero-order valence-corrected chi connectivity index (χ0v) is 12.0. The first-order chi connectivity index (χ1) is 9.61. The molecule has 2 N–H and O–H groups in total. The first-order valence-corrected chi connectivity index (χ1v) is 6.98. The van der Waals surface area contributed by atoms with E-state index in [2.05, 4.69) is 10.8 Å². The summed E-state index contributed by atoms with van der Waals surface area (Å²) in [6.45, 7) is 2.91. The molecule has 1 saturated heterocycles. The van der Waals surface area contributed by atoms with Crippen LogP contribution in [0.5, 0.6) is 0 Å². The number of piperazine rings is 1. The molecular weight excluding hydrogens is 274 g/mol. The van der Waals surface area contributed by atoms with Crippen molar-refractivity contribution < 1.29 is 4.79 Å². The molecule has 0 radical (unpaired) electrons. The Morgan fingerprint density at radius 2 is 1.90 bits per heavy atom. The molecule has 0 aliphatic carbocycles. The van der Waals surface area contributed by atoms with Crippen molar-refractivity contribution in [2.75, 3.05) is 31.1 Å². The third kappa shape index (κ3) is 3.44. The highest BCUT2D eigenvalue weighted by atomic mass is 35.5. The summed E-state index contributed by atoms with van der Waals surface area (Å²) in [6, 6.07) is 7.14. The molecule has 2 rings (SSSR count). The molecule has 1 amide bonds. The second-order valence-corrected chi connectivity index (χ2v) is 5.24. The maximum Gasteiger partial charge on any atom is 0.240 e. The van der Waals surface area contributed by atoms with E-state index >= 15 is 0 Å². The number of hydrogen-bond donors (Lipinski definition) is 1. The molecule has 1 aliphatic rings. The van der Waals surface area contributed by atoms with Gasteiger partial charge in [-0.2, -0.15) is 0 Å². The Kier molecular flexibility index (Phi) is 4.89. The highest BCUT2D eigenvalue weighted by Gasteiger charge is 2.24. The largest absolute Gasteiger partial charge is 0.368 e. The van der Waals surface area contributed by atoms with Crippen LogP contribution >= 0.6 is 11.6 Å². The third-order valence-electron chi connectivity index (χ3n) is 3.44. The van der Waals surface area contributed by atoms with Crippen molar-refractivity contribution in [1.29, 1.82) is 0 Å². The van der Waals surface area contributed by atoms with Crippen molar-refractivity contribution in [3.63, 3.8) is 0 Å². The quantitative estimate of drug-likeness (QED) is 0.855. The fourth-order valence-electron chi connectivity index (χ4n) is 2.29. The van der Waals surface area contributed by atoms with Gasteiger partial charge in [-0.05, 0) is 24.3 Å². The average Bonchev–Trinajstić information content (AvgIpc) is 2.48. The van der Waals surface area contributed by atoms with Gasteiger partial charge in [-0.15, -0.1) is 12.3 Å². The summed E-state index contributed by atoms with van der Waals surface area (Å²) in [4.78, 5) is 16.1. The summed E-state index contributed by atoms with van der Waals surface area (Å²) < 4.78 is 0. The summed E-state index contributed by atoms with van der Waals surface area (Å²) in [5, 5.41) is 0.725.